The Hall–Kier alpha value is -1.52. The zero-order chi connectivity index (χ0) is 14.7. The van der Waals surface area contributed by atoms with Crippen molar-refractivity contribution in [2.45, 2.75) is 12.5 Å². The van der Waals surface area contributed by atoms with Gasteiger partial charge in [0.2, 0.25) is 0 Å². The van der Waals surface area contributed by atoms with Gasteiger partial charge in [0.25, 0.3) is 0 Å². The zero-order valence-corrected chi connectivity index (χ0v) is 11.5. The van der Waals surface area contributed by atoms with E-state index in [4.69, 9.17) is 11.6 Å². The minimum Gasteiger partial charge on any atom is -0.313 e. The number of hydrogen-bond acceptors (Lipinski definition) is 1. The molecule has 1 unspecified atom stereocenters. The summed E-state index contributed by atoms with van der Waals surface area (Å²) in [5.74, 6) is -2.34. The molecule has 0 amide bonds. The summed E-state index contributed by atoms with van der Waals surface area (Å²) in [6.07, 6.45) is 0.257. The lowest BCUT2D eigenvalue weighted by molar-refractivity contribution is 0.473. The molecule has 0 bridgehead atoms. The zero-order valence-electron chi connectivity index (χ0n) is 10.8. The van der Waals surface area contributed by atoms with Gasteiger partial charge in [-0.3, -0.25) is 0 Å². The maximum absolute atomic E-state index is 13.8. The van der Waals surface area contributed by atoms with Gasteiger partial charge >= 0.3 is 0 Å². The highest BCUT2D eigenvalue weighted by molar-refractivity contribution is 6.31. The van der Waals surface area contributed by atoms with Crippen molar-refractivity contribution in [1.29, 1.82) is 0 Å². The van der Waals surface area contributed by atoms with Crippen molar-refractivity contribution in [2.24, 2.45) is 0 Å². The molecule has 106 valence electrons. The Morgan fingerprint density at radius 3 is 2.40 bits per heavy atom. The number of likely N-dealkylation sites (N-methyl/N-ethyl adjacent to an activating group) is 1. The maximum Gasteiger partial charge on any atom is 0.163 e. The van der Waals surface area contributed by atoms with Crippen LogP contribution in [0.3, 0.4) is 0 Å². The third-order valence-corrected chi connectivity index (χ3v) is 3.58. The van der Waals surface area contributed by atoms with Gasteiger partial charge in [-0.05, 0) is 31.2 Å². The highest BCUT2D eigenvalue weighted by Crippen LogP contribution is 2.27. The van der Waals surface area contributed by atoms with E-state index in [1.54, 1.807) is 13.1 Å². The van der Waals surface area contributed by atoms with Crippen molar-refractivity contribution in [3.8, 4) is 0 Å². The van der Waals surface area contributed by atoms with Crippen LogP contribution in [0.4, 0.5) is 13.2 Å². The molecule has 5 heteroatoms. The van der Waals surface area contributed by atoms with Gasteiger partial charge in [0, 0.05) is 11.6 Å². The standard InChI is InChI=1S/C15H13ClF3N/c1-20-13(10-5-3-7-12(18)15(10)19)8-9-4-2-6-11(17)14(9)16/h2-7,13,20H,8H2,1H3. The fourth-order valence-corrected chi connectivity index (χ4v) is 2.29. The molecule has 0 aliphatic carbocycles. The van der Waals surface area contributed by atoms with Crippen molar-refractivity contribution in [3.63, 3.8) is 0 Å². The first kappa shape index (κ1) is 14.9. The Morgan fingerprint density at radius 2 is 1.70 bits per heavy atom. The van der Waals surface area contributed by atoms with Gasteiger partial charge in [0.15, 0.2) is 11.6 Å². The summed E-state index contributed by atoms with van der Waals surface area (Å²) in [5, 5.41) is 2.90. The van der Waals surface area contributed by atoms with E-state index >= 15 is 0 Å². The second-order valence-corrected chi connectivity index (χ2v) is 4.78. The van der Waals surface area contributed by atoms with Crippen LogP contribution in [0, 0.1) is 17.5 Å². The molecule has 0 aliphatic heterocycles. The number of rotatable bonds is 4. The van der Waals surface area contributed by atoms with E-state index in [9.17, 15) is 13.2 Å². The number of benzene rings is 2. The topological polar surface area (TPSA) is 12.0 Å². The van der Waals surface area contributed by atoms with E-state index in [2.05, 4.69) is 5.32 Å². The van der Waals surface area contributed by atoms with Crippen LogP contribution < -0.4 is 5.32 Å². The van der Waals surface area contributed by atoms with E-state index in [-0.39, 0.29) is 17.0 Å². The number of hydrogen-bond donors (Lipinski definition) is 1. The Bertz CT molecular complexity index is 616. The van der Waals surface area contributed by atoms with Gasteiger partial charge in [0.05, 0.1) is 5.02 Å². The van der Waals surface area contributed by atoms with Crippen LogP contribution in [0.15, 0.2) is 36.4 Å². The average molecular weight is 300 g/mol. The third kappa shape index (κ3) is 2.97. The molecule has 2 aromatic rings. The van der Waals surface area contributed by atoms with E-state index < -0.39 is 23.5 Å². The van der Waals surface area contributed by atoms with E-state index in [1.165, 1.54) is 24.3 Å². The van der Waals surface area contributed by atoms with Crippen molar-refractivity contribution in [2.75, 3.05) is 7.05 Å². The molecule has 2 rings (SSSR count). The summed E-state index contributed by atoms with van der Waals surface area (Å²) in [6.45, 7) is 0. The first-order chi connectivity index (χ1) is 9.54. The summed E-state index contributed by atoms with van der Waals surface area (Å²) in [5.41, 5.74) is 0.725. The van der Waals surface area contributed by atoms with Crippen molar-refractivity contribution in [1.82, 2.24) is 5.32 Å². The minimum absolute atomic E-state index is 0.00422. The fraction of sp³-hybridized carbons (Fsp3) is 0.200. The summed E-state index contributed by atoms with van der Waals surface area (Å²) >= 11 is 5.88. The van der Waals surface area contributed by atoms with Gasteiger partial charge in [0.1, 0.15) is 5.82 Å². The van der Waals surface area contributed by atoms with Crippen LogP contribution in [-0.2, 0) is 6.42 Å². The van der Waals surface area contributed by atoms with Crippen LogP contribution in [-0.4, -0.2) is 7.05 Å². The quantitative estimate of drug-likeness (QED) is 0.889. The summed E-state index contributed by atoms with van der Waals surface area (Å²) in [4.78, 5) is 0. The summed E-state index contributed by atoms with van der Waals surface area (Å²) in [6, 6.07) is 7.94. The molecule has 0 heterocycles. The molecule has 20 heavy (non-hydrogen) atoms. The fourth-order valence-electron chi connectivity index (χ4n) is 2.08. The van der Waals surface area contributed by atoms with Crippen LogP contribution in [0.2, 0.25) is 5.02 Å². The van der Waals surface area contributed by atoms with Crippen molar-refractivity contribution < 1.29 is 13.2 Å². The van der Waals surface area contributed by atoms with Gasteiger partial charge in [-0.2, -0.15) is 0 Å². The van der Waals surface area contributed by atoms with Gasteiger partial charge < -0.3 is 5.32 Å². The molecular weight excluding hydrogens is 287 g/mol. The summed E-state index contributed by atoms with van der Waals surface area (Å²) in [7, 11) is 1.63. The monoisotopic (exact) mass is 299 g/mol. The van der Waals surface area contributed by atoms with Crippen LogP contribution in [0.25, 0.3) is 0 Å². The van der Waals surface area contributed by atoms with Crippen molar-refractivity contribution in [3.05, 3.63) is 70.0 Å². The first-order valence-corrected chi connectivity index (χ1v) is 6.46. The summed E-state index contributed by atoms with van der Waals surface area (Å²) < 4.78 is 40.5. The maximum atomic E-state index is 13.8. The van der Waals surface area contributed by atoms with Gasteiger partial charge in [-0.1, -0.05) is 35.9 Å². The second-order valence-electron chi connectivity index (χ2n) is 4.40. The average Bonchev–Trinajstić information content (AvgIpc) is 2.44. The molecule has 0 saturated carbocycles. The Kier molecular flexibility index (Phi) is 4.68. The van der Waals surface area contributed by atoms with Gasteiger partial charge in [-0.15, -0.1) is 0 Å². The van der Waals surface area contributed by atoms with Crippen molar-refractivity contribution >= 4 is 11.6 Å². The minimum atomic E-state index is -0.909. The number of nitrogens with one attached hydrogen (secondary N) is 1. The molecule has 1 atom stereocenters. The van der Waals surface area contributed by atoms with Crippen LogP contribution in [0.1, 0.15) is 17.2 Å². The Balaban J connectivity index is 2.34. The lowest BCUT2D eigenvalue weighted by Crippen LogP contribution is -2.20. The molecule has 0 fully saturated rings. The lowest BCUT2D eigenvalue weighted by Gasteiger charge is -2.18. The van der Waals surface area contributed by atoms with Crippen LogP contribution >= 0.6 is 11.6 Å². The lowest BCUT2D eigenvalue weighted by atomic mass is 9.98. The molecule has 0 aliphatic rings. The van der Waals surface area contributed by atoms with E-state index in [1.807, 2.05) is 0 Å². The number of halogens is 4. The molecule has 1 nitrogen and oxygen atoms in total. The molecule has 0 aromatic heterocycles. The predicted octanol–water partition coefficient (Wildman–Crippen LogP) is 4.26. The highest BCUT2D eigenvalue weighted by Gasteiger charge is 2.19. The largest absolute Gasteiger partial charge is 0.313 e. The molecule has 0 spiro atoms. The first-order valence-electron chi connectivity index (χ1n) is 6.08. The Labute approximate surface area is 120 Å². The molecule has 0 saturated heterocycles. The Morgan fingerprint density at radius 1 is 1.05 bits per heavy atom. The SMILES string of the molecule is CNC(Cc1cccc(F)c1Cl)c1cccc(F)c1F. The molecule has 2 aromatic carbocycles. The van der Waals surface area contributed by atoms with E-state index in [0.717, 1.165) is 6.07 Å². The predicted molar refractivity (Wildman–Crippen MR) is 73.3 cm³/mol. The third-order valence-electron chi connectivity index (χ3n) is 3.16. The highest BCUT2D eigenvalue weighted by atomic mass is 35.5. The van der Waals surface area contributed by atoms with Gasteiger partial charge in [-0.25, -0.2) is 13.2 Å². The second kappa shape index (κ2) is 6.29. The molecule has 1 N–H and O–H groups in total. The molecule has 0 radical (unpaired) electrons. The van der Waals surface area contributed by atoms with E-state index in [0.29, 0.717) is 5.56 Å². The molecular formula is C15H13ClF3N. The smallest absolute Gasteiger partial charge is 0.163 e. The van der Waals surface area contributed by atoms with Crippen LogP contribution in [0.5, 0.6) is 0 Å². The normalized spacial score (nSPS) is 12.4.